The first kappa shape index (κ1) is 12.2. The lowest BCUT2D eigenvalue weighted by Crippen LogP contribution is -2.15. The van der Waals surface area contributed by atoms with E-state index in [1.165, 1.54) is 11.1 Å². The average Bonchev–Trinajstić information content (AvgIpc) is 2.60. The van der Waals surface area contributed by atoms with E-state index in [4.69, 9.17) is 4.52 Å². The fourth-order valence-corrected chi connectivity index (χ4v) is 2.20. The highest BCUT2D eigenvalue weighted by atomic mass is 16.5. The van der Waals surface area contributed by atoms with Crippen molar-refractivity contribution >= 4 is 11.0 Å². The summed E-state index contributed by atoms with van der Waals surface area (Å²) in [5.74, 6) is 0. The van der Waals surface area contributed by atoms with Crippen LogP contribution in [0.2, 0.25) is 0 Å². The van der Waals surface area contributed by atoms with Gasteiger partial charge in [0.2, 0.25) is 0 Å². The molecule has 0 fully saturated rings. The van der Waals surface area contributed by atoms with Gasteiger partial charge in [0.1, 0.15) is 0 Å². The zero-order valence-electron chi connectivity index (χ0n) is 11.6. The van der Waals surface area contributed by atoms with Crippen molar-refractivity contribution in [1.29, 1.82) is 0 Å². The molecular weight excluding hydrogens is 210 g/mol. The van der Waals surface area contributed by atoms with E-state index in [1.807, 2.05) is 6.20 Å². The molecule has 0 saturated carbocycles. The standard InChI is InChI=1S/C15H21NO/c1-14(2,3)11-7-8-12(15(4,5)6)13-10(11)9-16-17-13/h7-9H,1-6H3. The van der Waals surface area contributed by atoms with Gasteiger partial charge >= 0.3 is 0 Å². The third-order valence-electron chi connectivity index (χ3n) is 3.14. The summed E-state index contributed by atoms with van der Waals surface area (Å²) in [6.07, 6.45) is 1.84. The quantitative estimate of drug-likeness (QED) is 0.670. The lowest BCUT2D eigenvalue weighted by molar-refractivity contribution is 0.446. The van der Waals surface area contributed by atoms with Crippen LogP contribution in [0.1, 0.15) is 52.7 Å². The van der Waals surface area contributed by atoms with Gasteiger partial charge in [-0.1, -0.05) is 58.8 Å². The van der Waals surface area contributed by atoms with Gasteiger partial charge in [-0.25, -0.2) is 0 Å². The number of fused-ring (bicyclic) bond motifs is 1. The first-order chi connectivity index (χ1) is 7.71. The summed E-state index contributed by atoms with van der Waals surface area (Å²) in [6, 6.07) is 4.38. The fraction of sp³-hybridized carbons (Fsp3) is 0.533. The molecule has 0 unspecified atom stereocenters. The number of hydrogen-bond donors (Lipinski definition) is 0. The van der Waals surface area contributed by atoms with E-state index in [0.717, 1.165) is 11.0 Å². The van der Waals surface area contributed by atoms with Crippen molar-refractivity contribution in [2.45, 2.75) is 52.4 Å². The highest BCUT2D eigenvalue weighted by molar-refractivity contribution is 5.84. The van der Waals surface area contributed by atoms with Crippen LogP contribution in [0.25, 0.3) is 11.0 Å². The van der Waals surface area contributed by atoms with Crippen molar-refractivity contribution in [1.82, 2.24) is 5.16 Å². The van der Waals surface area contributed by atoms with E-state index in [9.17, 15) is 0 Å². The van der Waals surface area contributed by atoms with Gasteiger partial charge in [0.25, 0.3) is 0 Å². The molecule has 0 N–H and O–H groups in total. The minimum absolute atomic E-state index is 0.0776. The molecule has 0 radical (unpaired) electrons. The second kappa shape index (κ2) is 3.59. The maximum atomic E-state index is 5.46. The Hall–Kier alpha value is -1.31. The second-order valence-corrected chi connectivity index (χ2v) is 6.73. The Morgan fingerprint density at radius 3 is 1.94 bits per heavy atom. The number of hydrogen-bond acceptors (Lipinski definition) is 2. The van der Waals surface area contributed by atoms with Gasteiger partial charge in [-0.15, -0.1) is 0 Å². The van der Waals surface area contributed by atoms with Crippen LogP contribution in [0.3, 0.4) is 0 Å². The molecule has 0 aliphatic rings. The van der Waals surface area contributed by atoms with Gasteiger partial charge in [0.05, 0.1) is 6.20 Å². The van der Waals surface area contributed by atoms with Crippen LogP contribution < -0.4 is 0 Å². The fourth-order valence-electron chi connectivity index (χ4n) is 2.20. The predicted molar refractivity (Wildman–Crippen MR) is 71.4 cm³/mol. The molecule has 0 bridgehead atoms. The molecule has 1 aromatic carbocycles. The minimum atomic E-state index is 0.0776. The van der Waals surface area contributed by atoms with Crippen molar-refractivity contribution in [2.75, 3.05) is 0 Å². The van der Waals surface area contributed by atoms with Crippen LogP contribution in [0, 0.1) is 0 Å². The molecule has 2 aromatic rings. The zero-order chi connectivity index (χ0) is 12.8. The first-order valence-electron chi connectivity index (χ1n) is 6.09. The Kier molecular flexibility index (Phi) is 2.57. The number of nitrogens with zero attached hydrogens (tertiary/aromatic N) is 1. The van der Waals surface area contributed by atoms with E-state index in [2.05, 4.69) is 58.8 Å². The van der Waals surface area contributed by atoms with Crippen LogP contribution in [-0.4, -0.2) is 5.16 Å². The summed E-state index contributed by atoms with van der Waals surface area (Å²) in [5, 5.41) is 5.12. The molecule has 0 amide bonds. The lowest BCUT2D eigenvalue weighted by atomic mass is 9.80. The number of aromatic nitrogens is 1. The van der Waals surface area contributed by atoms with Crippen molar-refractivity contribution in [3.05, 3.63) is 29.5 Å². The van der Waals surface area contributed by atoms with Gasteiger partial charge in [-0.2, -0.15) is 0 Å². The molecule has 17 heavy (non-hydrogen) atoms. The molecule has 2 heteroatoms. The second-order valence-electron chi connectivity index (χ2n) is 6.73. The van der Waals surface area contributed by atoms with E-state index in [1.54, 1.807) is 0 Å². The van der Waals surface area contributed by atoms with E-state index in [0.29, 0.717) is 0 Å². The Morgan fingerprint density at radius 2 is 1.41 bits per heavy atom. The Morgan fingerprint density at radius 1 is 0.882 bits per heavy atom. The highest BCUT2D eigenvalue weighted by Crippen LogP contribution is 2.36. The van der Waals surface area contributed by atoms with Crippen molar-refractivity contribution < 1.29 is 4.52 Å². The van der Waals surface area contributed by atoms with Crippen LogP contribution in [0.15, 0.2) is 22.9 Å². The van der Waals surface area contributed by atoms with E-state index in [-0.39, 0.29) is 10.8 Å². The summed E-state index contributed by atoms with van der Waals surface area (Å²) in [5.41, 5.74) is 3.64. The number of rotatable bonds is 0. The summed E-state index contributed by atoms with van der Waals surface area (Å²) >= 11 is 0. The third kappa shape index (κ3) is 2.08. The van der Waals surface area contributed by atoms with Crippen LogP contribution >= 0.6 is 0 Å². The molecule has 92 valence electrons. The topological polar surface area (TPSA) is 26.0 Å². The SMILES string of the molecule is CC(C)(C)c1ccc(C(C)(C)C)c2oncc12. The zero-order valence-corrected chi connectivity index (χ0v) is 11.6. The monoisotopic (exact) mass is 231 g/mol. The lowest BCUT2D eigenvalue weighted by Gasteiger charge is -2.23. The smallest absolute Gasteiger partial charge is 0.170 e. The van der Waals surface area contributed by atoms with Gasteiger partial charge < -0.3 is 4.52 Å². The molecule has 0 aliphatic carbocycles. The Balaban J connectivity index is 2.76. The van der Waals surface area contributed by atoms with Crippen LogP contribution in [-0.2, 0) is 10.8 Å². The molecule has 0 spiro atoms. The Bertz CT molecular complexity index is 490. The normalized spacial score (nSPS) is 13.3. The largest absolute Gasteiger partial charge is 0.356 e. The molecule has 1 heterocycles. The van der Waals surface area contributed by atoms with Crippen molar-refractivity contribution in [3.8, 4) is 0 Å². The summed E-state index contributed by atoms with van der Waals surface area (Å²) < 4.78 is 5.46. The average molecular weight is 231 g/mol. The van der Waals surface area contributed by atoms with Crippen molar-refractivity contribution in [3.63, 3.8) is 0 Å². The van der Waals surface area contributed by atoms with E-state index < -0.39 is 0 Å². The molecule has 0 atom stereocenters. The van der Waals surface area contributed by atoms with E-state index >= 15 is 0 Å². The van der Waals surface area contributed by atoms with Gasteiger partial charge in [0, 0.05) is 10.9 Å². The maximum absolute atomic E-state index is 5.46. The van der Waals surface area contributed by atoms with Gasteiger partial charge in [-0.05, 0) is 16.4 Å². The Labute approximate surface area is 103 Å². The van der Waals surface area contributed by atoms with Gasteiger partial charge in [-0.3, -0.25) is 0 Å². The van der Waals surface area contributed by atoms with Crippen molar-refractivity contribution in [2.24, 2.45) is 0 Å². The molecule has 0 saturated heterocycles. The third-order valence-corrected chi connectivity index (χ3v) is 3.14. The molecular formula is C15H21NO. The van der Waals surface area contributed by atoms with Gasteiger partial charge in [0.15, 0.2) is 5.58 Å². The minimum Gasteiger partial charge on any atom is -0.356 e. The van der Waals surface area contributed by atoms with Crippen LogP contribution in [0.5, 0.6) is 0 Å². The molecule has 2 nitrogen and oxygen atoms in total. The number of benzene rings is 1. The maximum Gasteiger partial charge on any atom is 0.170 e. The molecule has 2 rings (SSSR count). The predicted octanol–water partition coefficient (Wildman–Crippen LogP) is 4.42. The summed E-state index contributed by atoms with van der Waals surface area (Å²) in [6.45, 7) is 13.2. The summed E-state index contributed by atoms with van der Waals surface area (Å²) in [4.78, 5) is 0. The molecule has 0 aliphatic heterocycles. The van der Waals surface area contributed by atoms with Crippen LogP contribution in [0.4, 0.5) is 0 Å². The molecule has 1 aromatic heterocycles. The summed E-state index contributed by atoms with van der Waals surface area (Å²) in [7, 11) is 0. The highest BCUT2D eigenvalue weighted by Gasteiger charge is 2.24. The first-order valence-corrected chi connectivity index (χ1v) is 6.09.